The fourth-order valence-electron chi connectivity index (χ4n) is 4.16. The third kappa shape index (κ3) is 4.00. The van der Waals surface area contributed by atoms with Crippen LogP contribution in [0.4, 0.5) is 5.69 Å². The van der Waals surface area contributed by atoms with E-state index in [1.807, 2.05) is 18.2 Å². The Morgan fingerprint density at radius 2 is 1.88 bits per heavy atom. The number of nitrogens with one attached hydrogen (secondary N) is 1. The minimum Gasteiger partial charge on any atom is -0.481 e. The molecule has 3 rings (SSSR count). The Balaban J connectivity index is 1.62. The zero-order valence-corrected chi connectivity index (χ0v) is 16.2. The molecule has 0 bridgehead atoms. The number of hydrogen-bond acceptors (Lipinski definition) is 3. The molecule has 2 fully saturated rings. The maximum absolute atomic E-state index is 12.6. The summed E-state index contributed by atoms with van der Waals surface area (Å²) in [7, 11) is -0.890. The van der Waals surface area contributed by atoms with E-state index in [4.69, 9.17) is 0 Å². The van der Waals surface area contributed by atoms with Crippen molar-refractivity contribution in [2.45, 2.75) is 57.0 Å². The van der Waals surface area contributed by atoms with Crippen LogP contribution in [-0.2, 0) is 26.1 Å². The van der Waals surface area contributed by atoms with E-state index >= 15 is 0 Å². The largest absolute Gasteiger partial charge is 0.481 e. The summed E-state index contributed by atoms with van der Waals surface area (Å²) in [5.74, 6) is -1.83. The first kappa shape index (κ1) is 19.1. The monoisotopic (exact) mass is 377 g/mol. The van der Waals surface area contributed by atoms with E-state index in [2.05, 4.69) is 5.32 Å². The molecule has 2 saturated carbocycles. The van der Waals surface area contributed by atoms with Crippen molar-refractivity contribution < 1.29 is 18.9 Å². The van der Waals surface area contributed by atoms with Crippen LogP contribution in [0.3, 0.4) is 0 Å². The number of aliphatic carboxylic acids is 1. The van der Waals surface area contributed by atoms with Crippen molar-refractivity contribution in [3.8, 4) is 0 Å². The number of rotatable bonds is 6. The Labute approximate surface area is 157 Å². The molecule has 1 aromatic rings. The third-order valence-electron chi connectivity index (χ3n) is 5.80. The molecule has 3 atom stereocenters. The zero-order chi connectivity index (χ0) is 18.9. The van der Waals surface area contributed by atoms with Crippen molar-refractivity contribution in [2.75, 3.05) is 5.32 Å². The van der Waals surface area contributed by atoms with Crippen molar-refractivity contribution in [1.29, 1.82) is 0 Å². The average Bonchev–Trinajstić information content (AvgIpc) is 3.19. The summed E-state index contributed by atoms with van der Waals surface area (Å²) in [6, 6.07) is 7.41. The first-order valence-electron chi connectivity index (χ1n) is 9.30. The maximum atomic E-state index is 12.6. The standard InChI is InChI=1S/C20H27NO4S/c1-20(2)16(17(20)19(23)24)18(22)21-14-8-6-7-13(11-14)12-26(25)15-9-4-3-5-10-15/h6-8,11,15-17H,3-5,9-10,12H2,1-2H3,(H,21,22)(H,23,24)/t16-,17+,26?/m1/s1. The molecule has 1 unspecified atom stereocenters. The second-order valence-corrected chi connectivity index (χ2v) is 9.81. The van der Waals surface area contributed by atoms with Crippen LogP contribution in [0.5, 0.6) is 0 Å². The lowest BCUT2D eigenvalue weighted by Gasteiger charge is -2.21. The highest BCUT2D eigenvalue weighted by molar-refractivity contribution is 7.84. The molecule has 0 heterocycles. The molecule has 0 aromatic heterocycles. The lowest BCUT2D eigenvalue weighted by molar-refractivity contribution is -0.140. The van der Waals surface area contributed by atoms with Gasteiger partial charge < -0.3 is 10.4 Å². The third-order valence-corrected chi connectivity index (χ3v) is 7.64. The molecule has 0 radical (unpaired) electrons. The highest BCUT2D eigenvalue weighted by Gasteiger charge is 2.65. The summed E-state index contributed by atoms with van der Waals surface area (Å²) in [5.41, 5.74) is 1.06. The van der Waals surface area contributed by atoms with Crippen molar-refractivity contribution >= 4 is 28.4 Å². The number of carboxylic acids is 1. The second-order valence-electron chi connectivity index (χ2n) is 8.09. The van der Waals surface area contributed by atoms with Gasteiger partial charge in [-0.15, -0.1) is 0 Å². The van der Waals surface area contributed by atoms with Gasteiger partial charge in [0, 0.05) is 27.5 Å². The van der Waals surface area contributed by atoms with Crippen LogP contribution in [0, 0.1) is 17.3 Å². The molecule has 142 valence electrons. The van der Waals surface area contributed by atoms with Gasteiger partial charge in [0.25, 0.3) is 0 Å². The molecule has 0 spiro atoms. The van der Waals surface area contributed by atoms with Crippen molar-refractivity contribution in [1.82, 2.24) is 0 Å². The Morgan fingerprint density at radius 3 is 2.50 bits per heavy atom. The Morgan fingerprint density at radius 1 is 1.19 bits per heavy atom. The van der Waals surface area contributed by atoms with Gasteiger partial charge in [0.2, 0.25) is 5.91 Å². The molecule has 5 nitrogen and oxygen atoms in total. The van der Waals surface area contributed by atoms with E-state index in [-0.39, 0.29) is 11.2 Å². The molecular formula is C20H27NO4S. The van der Waals surface area contributed by atoms with Crippen molar-refractivity contribution in [3.63, 3.8) is 0 Å². The van der Waals surface area contributed by atoms with Crippen LogP contribution in [0.15, 0.2) is 24.3 Å². The lowest BCUT2D eigenvalue weighted by atomic mass is 10.0. The lowest BCUT2D eigenvalue weighted by Crippen LogP contribution is -2.20. The van der Waals surface area contributed by atoms with Gasteiger partial charge in [-0.2, -0.15) is 0 Å². The van der Waals surface area contributed by atoms with Gasteiger partial charge in [-0.3, -0.25) is 13.8 Å². The van der Waals surface area contributed by atoms with Crippen LogP contribution in [0.1, 0.15) is 51.5 Å². The fourth-order valence-corrected chi connectivity index (χ4v) is 5.76. The first-order valence-corrected chi connectivity index (χ1v) is 10.7. The molecule has 1 amide bonds. The minimum atomic E-state index is -0.924. The van der Waals surface area contributed by atoms with E-state index in [1.165, 1.54) is 6.42 Å². The normalized spacial score (nSPS) is 26.1. The number of hydrogen-bond donors (Lipinski definition) is 2. The van der Waals surface area contributed by atoms with E-state index in [9.17, 15) is 18.9 Å². The number of amides is 1. The second kappa shape index (κ2) is 7.51. The molecule has 6 heteroatoms. The van der Waals surface area contributed by atoms with Gasteiger partial charge in [-0.1, -0.05) is 45.2 Å². The summed E-state index contributed by atoms with van der Waals surface area (Å²) in [6.07, 6.45) is 5.64. The van der Waals surface area contributed by atoms with Crippen LogP contribution in [0.2, 0.25) is 0 Å². The Kier molecular flexibility index (Phi) is 5.51. The van der Waals surface area contributed by atoms with Crippen LogP contribution in [0.25, 0.3) is 0 Å². The van der Waals surface area contributed by atoms with E-state index in [0.29, 0.717) is 11.4 Å². The van der Waals surface area contributed by atoms with Gasteiger partial charge >= 0.3 is 5.97 Å². The van der Waals surface area contributed by atoms with E-state index in [1.54, 1.807) is 19.9 Å². The first-order chi connectivity index (χ1) is 12.3. The summed E-state index contributed by atoms with van der Waals surface area (Å²) in [5, 5.41) is 12.3. The van der Waals surface area contributed by atoms with Gasteiger partial charge in [0.05, 0.1) is 11.8 Å². The van der Waals surface area contributed by atoms with Gasteiger partial charge in [0.15, 0.2) is 0 Å². The summed E-state index contributed by atoms with van der Waals surface area (Å²) in [4.78, 5) is 23.7. The Hall–Kier alpha value is -1.69. The summed E-state index contributed by atoms with van der Waals surface area (Å²) in [6.45, 7) is 3.61. The van der Waals surface area contributed by atoms with Crippen LogP contribution < -0.4 is 5.32 Å². The maximum Gasteiger partial charge on any atom is 0.307 e. The van der Waals surface area contributed by atoms with E-state index in [0.717, 1.165) is 31.2 Å². The predicted molar refractivity (Wildman–Crippen MR) is 102 cm³/mol. The molecular weight excluding hydrogens is 350 g/mol. The quantitative estimate of drug-likeness (QED) is 0.794. The summed E-state index contributed by atoms with van der Waals surface area (Å²) < 4.78 is 12.6. The average molecular weight is 378 g/mol. The van der Waals surface area contributed by atoms with Gasteiger partial charge in [0.1, 0.15) is 0 Å². The molecule has 1 aromatic carbocycles. The number of carboxylic acid groups (broad SMARTS) is 1. The smallest absolute Gasteiger partial charge is 0.307 e. The Bertz CT molecular complexity index is 724. The highest BCUT2D eigenvalue weighted by Crippen LogP contribution is 2.58. The number of anilines is 1. The molecule has 26 heavy (non-hydrogen) atoms. The zero-order valence-electron chi connectivity index (χ0n) is 15.4. The van der Waals surface area contributed by atoms with E-state index < -0.39 is 34.0 Å². The summed E-state index contributed by atoms with van der Waals surface area (Å²) >= 11 is 0. The van der Waals surface area contributed by atoms with Crippen LogP contribution in [-0.4, -0.2) is 26.4 Å². The SMILES string of the molecule is CC1(C)[C@H](C(=O)O)[C@@H]1C(=O)Nc1cccc(CS(=O)C2CCCCC2)c1. The van der Waals surface area contributed by atoms with Gasteiger partial charge in [-0.05, 0) is 36.0 Å². The molecule has 2 aliphatic rings. The molecule has 2 N–H and O–H groups in total. The van der Waals surface area contributed by atoms with Crippen LogP contribution >= 0.6 is 0 Å². The topological polar surface area (TPSA) is 83.5 Å². The molecule has 0 saturated heterocycles. The fraction of sp³-hybridized carbons (Fsp3) is 0.600. The van der Waals surface area contributed by atoms with Crippen molar-refractivity contribution in [3.05, 3.63) is 29.8 Å². The molecule has 2 aliphatic carbocycles. The predicted octanol–water partition coefficient (Wildman–Crippen LogP) is 3.56. The van der Waals surface area contributed by atoms with Crippen molar-refractivity contribution in [2.24, 2.45) is 17.3 Å². The number of carbonyl (C=O) groups is 2. The highest BCUT2D eigenvalue weighted by atomic mass is 32.2. The molecule has 0 aliphatic heterocycles. The minimum absolute atomic E-state index is 0.257. The number of carbonyl (C=O) groups excluding carboxylic acids is 1. The van der Waals surface area contributed by atoms with Gasteiger partial charge in [-0.25, -0.2) is 0 Å². The number of benzene rings is 1.